The number of benzene rings is 2. The molecule has 3 nitrogen and oxygen atoms in total. The Bertz CT molecular complexity index is 578. The summed E-state index contributed by atoms with van der Waals surface area (Å²) in [6, 6.07) is 13.2. The Morgan fingerprint density at radius 1 is 1.05 bits per heavy atom. The summed E-state index contributed by atoms with van der Waals surface area (Å²) in [7, 11) is 1.60. The maximum Gasteiger partial charge on any atom is 0.217 e. The molecule has 2 aromatic rings. The topological polar surface area (TPSA) is 38.3 Å². The first kappa shape index (κ1) is 14.1. The Labute approximate surface area is 117 Å². The van der Waals surface area contributed by atoms with Gasteiger partial charge in [-0.3, -0.25) is 4.79 Å². The molecular weight excluding hydrogens is 257 g/mol. The number of ether oxygens (including phenoxy) is 1. The van der Waals surface area contributed by atoms with Gasteiger partial charge in [0.25, 0.3) is 0 Å². The van der Waals surface area contributed by atoms with Crippen LogP contribution >= 0.6 is 0 Å². The van der Waals surface area contributed by atoms with E-state index in [0.717, 1.165) is 16.9 Å². The van der Waals surface area contributed by atoms with Crippen LogP contribution in [0.4, 0.5) is 4.39 Å². The van der Waals surface area contributed by atoms with Gasteiger partial charge in [-0.25, -0.2) is 4.39 Å². The molecule has 0 aliphatic rings. The quantitative estimate of drug-likeness (QED) is 0.929. The summed E-state index contributed by atoms with van der Waals surface area (Å²) < 4.78 is 18.1. The van der Waals surface area contributed by atoms with Crippen LogP contribution in [0.3, 0.4) is 0 Å². The number of carbonyl (C=O) groups excluding carboxylic acids is 1. The lowest BCUT2D eigenvalue weighted by Gasteiger charge is -2.19. The molecule has 0 radical (unpaired) electrons. The summed E-state index contributed by atoms with van der Waals surface area (Å²) in [6.45, 7) is 1.46. The van der Waals surface area contributed by atoms with Gasteiger partial charge in [-0.05, 0) is 35.4 Å². The molecule has 0 saturated heterocycles. The van der Waals surface area contributed by atoms with Gasteiger partial charge in [0.05, 0.1) is 13.2 Å². The first-order chi connectivity index (χ1) is 9.60. The van der Waals surface area contributed by atoms with E-state index < -0.39 is 0 Å². The number of hydrogen-bond donors (Lipinski definition) is 1. The fourth-order valence-electron chi connectivity index (χ4n) is 2.01. The lowest BCUT2D eigenvalue weighted by molar-refractivity contribution is -0.119. The molecule has 1 amide bonds. The van der Waals surface area contributed by atoms with Crippen molar-refractivity contribution in [2.45, 2.75) is 13.0 Å². The number of hydrogen-bond acceptors (Lipinski definition) is 2. The molecule has 1 atom stereocenters. The van der Waals surface area contributed by atoms with E-state index in [2.05, 4.69) is 5.32 Å². The van der Waals surface area contributed by atoms with Gasteiger partial charge in [0, 0.05) is 6.92 Å². The fourth-order valence-corrected chi connectivity index (χ4v) is 2.01. The highest BCUT2D eigenvalue weighted by Gasteiger charge is 2.15. The molecule has 0 heterocycles. The van der Waals surface area contributed by atoms with Crippen LogP contribution in [-0.2, 0) is 4.79 Å². The molecule has 0 bridgehead atoms. The lowest BCUT2D eigenvalue weighted by atomic mass is 9.98. The number of carbonyl (C=O) groups is 1. The van der Waals surface area contributed by atoms with Crippen molar-refractivity contribution in [2.24, 2.45) is 0 Å². The summed E-state index contributed by atoms with van der Waals surface area (Å²) in [5.74, 6) is 0.301. The van der Waals surface area contributed by atoms with Crippen LogP contribution in [0.15, 0.2) is 48.5 Å². The van der Waals surface area contributed by atoms with Gasteiger partial charge >= 0.3 is 0 Å². The largest absolute Gasteiger partial charge is 0.497 e. The lowest BCUT2D eigenvalue weighted by Crippen LogP contribution is -2.26. The van der Waals surface area contributed by atoms with E-state index in [0.29, 0.717) is 0 Å². The van der Waals surface area contributed by atoms with E-state index >= 15 is 0 Å². The second-order valence-corrected chi connectivity index (χ2v) is 4.46. The van der Waals surface area contributed by atoms with Crippen LogP contribution in [-0.4, -0.2) is 13.0 Å². The molecule has 2 rings (SSSR count). The average Bonchev–Trinajstić information content (AvgIpc) is 2.46. The third-order valence-electron chi connectivity index (χ3n) is 3.00. The van der Waals surface area contributed by atoms with Crippen molar-refractivity contribution in [1.82, 2.24) is 5.32 Å². The van der Waals surface area contributed by atoms with E-state index in [1.54, 1.807) is 19.2 Å². The molecule has 0 aromatic heterocycles. The second-order valence-electron chi connectivity index (χ2n) is 4.46. The average molecular weight is 273 g/mol. The molecule has 0 spiro atoms. The zero-order valence-corrected chi connectivity index (χ0v) is 11.4. The molecule has 0 fully saturated rings. The van der Waals surface area contributed by atoms with Crippen molar-refractivity contribution in [3.05, 3.63) is 65.5 Å². The highest BCUT2D eigenvalue weighted by atomic mass is 19.1. The zero-order valence-electron chi connectivity index (χ0n) is 11.4. The molecule has 0 aliphatic heterocycles. The van der Waals surface area contributed by atoms with E-state index in [1.165, 1.54) is 19.1 Å². The van der Waals surface area contributed by atoms with Crippen LogP contribution in [0.25, 0.3) is 0 Å². The third-order valence-corrected chi connectivity index (χ3v) is 3.00. The summed E-state index contributed by atoms with van der Waals surface area (Å²) in [6.07, 6.45) is 0. The van der Waals surface area contributed by atoms with Crippen molar-refractivity contribution in [2.75, 3.05) is 7.11 Å². The SMILES string of the molecule is COc1ccc([C@H](NC(C)=O)c2ccc(F)cc2)cc1. The van der Waals surface area contributed by atoms with Crippen LogP contribution in [0.2, 0.25) is 0 Å². The van der Waals surface area contributed by atoms with Crippen molar-refractivity contribution >= 4 is 5.91 Å². The molecule has 4 heteroatoms. The Morgan fingerprint density at radius 3 is 2.00 bits per heavy atom. The fraction of sp³-hybridized carbons (Fsp3) is 0.188. The standard InChI is InChI=1S/C16H16FNO2/c1-11(19)18-16(12-3-7-14(17)8-4-12)13-5-9-15(20-2)10-6-13/h3-10,16H,1-2H3,(H,18,19)/t16-/m1/s1. The Balaban J connectivity index is 2.35. The van der Waals surface area contributed by atoms with Crippen molar-refractivity contribution < 1.29 is 13.9 Å². The highest BCUT2D eigenvalue weighted by Crippen LogP contribution is 2.24. The predicted molar refractivity (Wildman–Crippen MR) is 75.1 cm³/mol. The first-order valence-corrected chi connectivity index (χ1v) is 6.26. The van der Waals surface area contributed by atoms with E-state index in [-0.39, 0.29) is 17.8 Å². The molecule has 2 aromatic carbocycles. The maximum atomic E-state index is 13.0. The van der Waals surface area contributed by atoms with Gasteiger partial charge in [-0.1, -0.05) is 24.3 Å². The van der Waals surface area contributed by atoms with Crippen LogP contribution in [0, 0.1) is 5.82 Å². The monoisotopic (exact) mass is 273 g/mol. The van der Waals surface area contributed by atoms with E-state index in [9.17, 15) is 9.18 Å². The smallest absolute Gasteiger partial charge is 0.217 e. The van der Waals surface area contributed by atoms with Gasteiger partial charge in [0.15, 0.2) is 0 Å². The predicted octanol–water partition coefficient (Wildman–Crippen LogP) is 3.06. The van der Waals surface area contributed by atoms with Crippen molar-refractivity contribution in [3.8, 4) is 5.75 Å². The van der Waals surface area contributed by atoms with Gasteiger partial charge in [-0.2, -0.15) is 0 Å². The van der Waals surface area contributed by atoms with E-state index in [4.69, 9.17) is 4.74 Å². The number of nitrogens with one attached hydrogen (secondary N) is 1. The number of halogens is 1. The van der Waals surface area contributed by atoms with Gasteiger partial charge < -0.3 is 10.1 Å². The van der Waals surface area contributed by atoms with E-state index in [1.807, 2.05) is 24.3 Å². The Kier molecular flexibility index (Phi) is 4.35. The van der Waals surface area contributed by atoms with Crippen LogP contribution < -0.4 is 10.1 Å². The molecule has 0 unspecified atom stereocenters. The first-order valence-electron chi connectivity index (χ1n) is 6.26. The zero-order chi connectivity index (χ0) is 14.5. The molecule has 0 aliphatic carbocycles. The number of rotatable bonds is 4. The summed E-state index contributed by atoms with van der Waals surface area (Å²) in [5.41, 5.74) is 1.74. The number of amides is 1. The molecule has 1 N–H and O–H groups in total. The van der Waals surface area contributed by atoms with Crippen molar-refractivity contribution in [1.29, 1.82) is 0 Å². The van der Waals surface area contributed by atoms with Gasteiger partial charge in [0.2, 0.25) is 5.91 Å². The minimum Gasteiger partial charge on any atom is -0.497 e. The normalized spacial score (nSPS) is 11.8. The summed E-state index contributed by atoms with van der Waals surface area (Å²) >= 11 is 0. The molecule has 104 valence electrons. The Morgan fingerprint density at radius 2 is 1.55 bits per heavy atom. The third kappa shape index (κ3) is 3.35. The maximum absolute atomic E-state index is 13.0. The Hall–Kier alpha value is -2.36. The molecular formula is C16H16FNO2. The van der Waals surface area contributed by atoms with Crippen molar-refractivity contribution in [3.63, 3.8) is 0 Å². The second kappa shape index (κ2) is 6.19. The van der Waals surface area contributed by atoms with Gasteiger partial charge in [-0.15, -0.1) is 0 Å². The molecule has 20 heavy (non-hydrogen) atoms. The van der Waals surface area contributed by atoms with Crippen LogP contribution in [0.5, 0.6) is 5.75 Å². The summed E-state index contributed by atoms with van der Waals surface area (Å²) in [4.78, 5) is 11.4. The highest BCUT2D eigenvalue weighted by molar-refractivity contribution is 5.74. The van der Waals surface area contributed by atoms with Crippen LogP contribution in [0.1, 0.15) is 24.1 Å². The minimum atomic E-state index is -0.306. The number of methoxy groups -OCH3 is 1. The molecule has 0 saturated carbocycles. The summed E-state index contributed by atoms with van der Waals surface area (Å²) in [5, 5.41) is 2.87. The van der Waals surface area contributed by atoms with Gasteiger partial charge in [0.1, 0.15) is 11.6 Å². The minimum absolute atomic E-state index is 0.143.